The second kappa shape index (κ2) is 3.31. The number of rotatable bonds is 1. The van der Waals surface area contributed by atoms with Gasteiger partial charge in [-0.1, -0.05) is 36.4 Å². The number of benzene rings is 1. The Balaban J connectivity index is 2.02. The first-order chi connectivity index (χ1) is 8.79. The Morgan fingerprint density at radius 3 is 2.78 bits per heavy atom. The second-order valence-electron chi connectivity index (χ2n) is 5.50. The van der Waals surface area contributed by atoms with Gasteiger partial charge < -0.3 is 0 Å². The quantitative estimate of drug-likeness (QED) is 0.468. The van der Waals surface area contributed by atoms with Crippen molar-refractivity contribution >= 4 is 5.78 Å². The lowest BCUT2D eigenvalue weighted by Gasteiger charge is -2.48. The summed E-state index contributed by atoms with van der Waals surface area (Å²) in [5.41, 5.74) is 0.754. The Bertz CT molecular complexity index is 563. The molecule has 4 atom stereocenters. The maximum atomic E-state index is 12.6. The third-order valence-corrected chi connectivity index (χ3v) is 4.89. The third-order valence-electron chi connectivity index (χ3n) is 4.89. The largest absolute Gasteiger partial charge is 0.294 e. The normalized spacial score (nSPS) is 39.8. The molecule has 5 rings (SSSR count). The average Bonchev–Trinajstić information content (AvgIpc) is 2.73. The maximum Gasteiger partial charge on any atom is 0.170 e. The Hall–Kier alpha value is -1.45. The fourth-order valence-electron chi connectivity index (χ4n) is 4.16. The molecule has 0 aliphatic heterocycles. The van der Waals surface area contributed by atoms with Crippen molar-refractivity contribution in [2.75, 3.05) is 0 Å². The number of carbonyl (C=O) groups is 1. The van der Waals surface area contributed by atoms with Gasteiger partial charge in [0.15, 0.2) is 5.78 Å². The van der Waals surface area contributed by atoms with E-state index in [1.807, 2.05) is 24.3 Å². The van der Waals surface area contributed by atoms with Gasteiger partial charge in [0.1, 0.15) is 5.60 Å². The molecule has 3 heteroatoms. The van der Waals surface area contributed by atoms with Gasteiger partial charge in [-0.3, -0.25) is 10.1 Å². The van der Waals surface area contributed by atoms with Crippen LogP contribution in [0.15, 0.2) is 36.4 Å². The molecule has 0 aromatic heterocycles. The molecule has 0 heterocycles. The first kappa shape index (κ1) is 10.5. The van der Waals surface area contributed by atoms with Gasteiger partial charge in [0.2, 0.25) is 0 Å². The van der Waals surface area contributed by atoms with E-state index in [1.54, 1.807) is 0 Å². The molecular formula is C15H14O3. The molecule has 1 fully saturated rings. The summed E-state index contributed by atoms with van der Waals surface area (Å²) in [6, 6.07) is 7.53. The lowest BCUT2D eigenvalue weighted by atomic mass is 9.59. The van der Waals surface area contributed by atoms with E-state index in [4.69, 9.17) is 4.89 Å². The fourth-order valence-corrected chi connectivity index (χ4v) is 4.16. The lowest BCUT2D eigenvalue weighted by Crippen LogP contribution is -2.51. The number of carbonyl (C=O) groups excluding carboxylic acids is 1. The summed E-state index contributed by atoms with van der Waals surface area (Å²) in [7, 11) is 0. The van der Waals surface area contributed by atoms with Gasteiger partial charge in [0.05, 0.1) is 5.92 Å². The van der Waals surface area contributed by atoms with Gasteiger partial charge in [-0.2, -0.15) is 0 Å². The maximum absolute atomic E-state index is 12.6. The summed E-state index contributed by atoms with van der Waals surface area (Å²) in [4.78, 5) is 17.5. The van der Waals surface area contributed by atoms with Gasteiger partial charge in [-0.15, -0.1) is 0 Å². The minimum Gasteiger partial charge on any atom is -0.294 e. The van der Waals surface area contributed by atoms with Crippen molar-refractivity contribution in [2.45, 2.75) is 18.4 Å². The van der Waals surface area contributed by atoms with Crippen molar-refractivity contribution in [1.82, 2.24) is 0 Å². The molecule has 1 N–H and O–H groups in total. The predicted molar refractivity (Wildman–Crippen MR) is 65.0 cm³/mol. The summed E-state index contributed by atoms with van der Waals surface area (Å²) in [5.74, 6) is 0.175. The molecule has 1 aromatic carbocycles. The van der Waals surface area contributed by atoms with Gasteiger partial charge in [-0.25, -0.2) is 4.89 Å². The van der Waals surface area contributed by atoms with Crippen LogP contribution in [-0.4, -0.2) is 11.0 Å². The summed E-state index contributed by atoms with van der Waals surface area (Å²) in [6.45, 7) is 0. The third kappa shape index (κ3) is 0.967. The Kier molecular flexibility index (Phi) is 1.92. The zero-order valence-electron chi connectivity index (χ0n) is 9.87. The molecule has 3 nitrogen and oxygen atoms in total. The SMILES string of the molecule is O=C1c2ccccc2[C@]2(OO)[C@H]3C=C[C@@H](CC3)[C@H]12. The molecule has 4 aliphatic rings. The van der Waals surface area contributed by atoms with Crippen LogP contribution in [0.5, 0.6) is 0 Å². The molecule has 2 bridgehead atoms. The Morgan fingerprint density at radius 2 is 2.06 bits per heavy atom. The molecule has 92 valence electrons. The molecule has 0 unspecified atom stereocenters. The highest BCUT2D eigenvalue weighted by Gasteiger charge is 2.63. The molecule has 0 radical (unpaired) electrons. The van der Waals surface area contributed by atoms with Crippen LogP contribution < -0.4 is 0 Å². The molecule has 1 saturated carbocycles. The molecule has 0 saturated heterocycles. The van der Waals surface area contributed by atoms with Crippen LogP contribution in [0.25, 0.3) is 0 Å². The average molecular weight is 242 g/mol. The highest BCUT2D eigenvalue weighted by molar-refractivity contribution is 6.04. The lowest BCUT2D eigenvalue weighted by molar-refractivity contribution is -0.359. The van der Waals surface area contributed by atoms with Crippen molar-refractivity contribution in [3.63, 3.8) is 0 Å². The standard InChI is InChI=1S/C15H14O3/c16-14-11-3-1-2-4-12(11)15(18-17)10-7-5-9(6-8-10)13(14)15/h1-5,7,9-10,13,17H,6,8H2/t9-,10-,13+,15+/m0/s1. The van der Waals surface area contributed by atoms with Crippen LogP contribution in [0.4, 0.5) is 0 Å². The number of hydrogen-bond acceptors (Lipinski definition) is 3. The smallest absolute Gasteiger partial charge is 0.170 e. The highest BCUT2D eigenvalue weighted by Crippen LogP contribution is 2.59. The number of hydrogen-bond donors (Lipinski definition) is 1. The highest BCUT2D eigenvalue weighted by atomic mass is 17.1. The monoisotopic (exact) mass is 242 g/mol. The van der Waals surface area contributed by atoms with Crippen molar-refractivity contribution < 1.29 is 14.9 Å². The minimum absolute atomic E-state index is 0.102. The van der Waals surface area contributed by atoms with Crippen LogP contribution in [0.1, 0.15) is 28.8 Å². The van der Waals surface area contributed by atoms with Crippen LogP contribution in [0.2, 0.25) is 0 Å². The van der Waals surface area contributed by atoms with E-state index in [0.717, 1.165) is 24.0 Å². The van der Waals surface area contributed by atoms with Crippen molar-refractivity contribution in [1.29, 1.82) is 0 Å². The van der Waals surface area contributed by atoms with Crippen LogP contribution in [-0.2, 0) is 10.5 Å². The molecule has 1 aromatic rings. The first-order valence-corrected chi connectivity index (χ1v) is 6.43. The van der Waals surface area contributed by atoms with E-state index in [-0.39, 0.29) is 23.5 Å². The number of fused-ring (bicyclic) bond motifs is 2. The van der Waals surface area contributed by atoms with Crippen molar-refractivity contribution in [3.8, 4) is 0 Å². The van der Waals surface area contributed by atoms with Crippen molar-refractivity contribution in [3.05, 3.63) is 47.5 Å². The molecule has 0 amide bonds. The van der Waals surface area contributed by atoms with E-state index < -0.39 is 5.60 Å². The number of allylic oxidation sites excluding steroid dienone is 1. The van der Waals surface area contributed by atoms with Gasteiger partial charge >= 0.3 is 0 Å². The topological polar surface area (TPSA) is 46.5 Å². The minimum atomic E-state index is -0.828. The Morgan fingerprint density at radius 1 is 1.22 bits per heavy atom. The molecule has 0 spiro atoms. The van der Waals surface area contributed by atoms with Crippen molar-refractivity contribution in [2.24, 2.45) is 17.8 Å². The van der Waals surface area contributed by atoms with E-state index in [1.165, 1.54) is 0 Å². The molecule has 4 aliphatic carbocycles. The number of Topliss-reactive ketones (excluding diaryl/α,β-unsaturated/α-hetero) is 1. The zero-order chi connectivity index (χ0) is 12.3. The van der Waals surface area contributed by atoms with E-state index in [0.29, 0.717) is 0 Å². The molecular weight excluding hydrogens is 228 g/mol. The van der Waals surface area contributed by atoms with Crippen LogP contribution in [0, 0.1) is 17.8 Å². The van der Waals surface area contributed by atoms with Crippen LogP contribution >= 0.6 is 0 Å². The van der Waals surface area contributed by atoms with Gasteiger partial charge in [-0.05, 0) is 24.3 Å². The summed E-state index contributed by atoms with van der Waals surface area (Å²) in [5, 5.41) is 9.55. The number of ketones is 1. The summed E-state index contributed by atoms with van der Waals surface area (Å²) in [6.07, 6.45) is 6.21. The second-order valence-corrected chi connectivity index (χ2v) is 5.50. The van der Waals surface area contributed by atoms with E-state index in [2.05, 4.69) is 12.2 Å². The fraction of sp³-hybridized carbons (Fsp3) is 0.400. The van der Waals surface area contributed by atoms with E-state index in [9.17, 15) is 10.1 Å². The molecule has 18 heavy (non-hydrogen) atoms. The Labute approximate surface area is 105 Å². The van der Waals surface area contributed by atoms with E-state index >= 15 is 0 Å². The zero-order valence-corrected chi connectivity index (χ0v) is 9.87. The summed E-state index contributed by atoms with van der Waals surface area (Å²) >= 11 is 0. The first-order valence-electron chi connectivity index (χ1n) is 6.43. The van der Waals surface area contributed by atoms with Gasteiger partial charge in [0, 0.05) is 11.5 Å². The van der Waals surface area contributed by atoms with Crippen LogP contribution in [0.3, 0.4) is 0 Å². The van der Waals surface area contributed by atoms with Gasteiger partial charge in [0.25, 0.3) is 0 Å². The predicted octanol–water partition coefficient (Wildman–Crippen LogP) is 2.78. The summed E-state index contributed by atoms with van der Waals surface area (Å²) < 4.78 is 0.